The zero-order chi connectivity index (χ0) is 19.1. The van der Waals surface area contributed by atoms with Crippen LogP contribution in [-0.2, 0) is 13.1 Å². The molecule has 0 bridgehead atoms. The van der Waals surface area contributed by atoms with Crippen LogP contribution in [-0.4, -0.2) is 22.0 Å². The van der Waals surface area contributed by atoms with E-state index in [-0.39, 0.29) is 5.91 Å². The summed E-state index contributed by atoms with van der Waals surface area (Å²) in [5.74, 6) is 0.280. The van der Waals surface area contributed by atoms with Gasteiger partial charge in [-0.25, -0.2) is 4.98 Å². The molecule has 1 aromatic heterocycles. The van der Waals surface area contributed by atoms with Gasteiger partial charge in [-0.3, -0.25) is 4.79 Å². The molecule has 0 saturated heterocycles. The van der Waals surface area contributed by atoms with E-state index in [2.05, 4.69) is 27.1 Å². The maximum Gasteiger partial charge on any atom is 0.257 e. The van der Waals surface area contributed by atoms with Gasteiger partial charge in [-0.1, -0.05) is 42.8 Å². The molecule has 1 heterocycles. The topological polar surface area (TPSA) is 58.9 Å². The first-order valence-electron chi connectivity index (χ1n) is 8.93. The number of amides is 1. The Bertz CT molecular complexity index is 879. The summed E-state index contributed by atoms with van der Waals surface area (Å²) >= 11 is 6.09. The van der Waals surface area contributed by atoms with E-state index in [0.717, 1.165) is 30.9 Å². The smallest absolute Gasteiger partial charge is 0.257 e. The molecule has 2 aromatic carbocycles. The van der Waals surface area contributed by atoms with Crippen LogP contribution in [0.5, 0.6) is 0 Å². The molecule has 3 rings (SSSR count). The number of aromatic nitrogens is 2. The third kappa shape index (κ3) is 5.67. The van der Waals surface area contributed by atoms with Gasteiger partial charge in [0.1, 0.15) is 0 Å². The van der Waals surface area contributed by atoms with Crippen molar-refractivity contribution in [1.29, 1.82) is 0 Å². The van der Waals surface area contributed by atoms with Crippen molar-refractivity contribution in [3.63, 3.8) is 0 Å². The summed E-state index contributed by atoms with van der Waals surface area (Å²) in [5.41, 5.74) is 2.34. The maximum absolute atomic E-state index is 12.4. The standard InChI is InChI=1S/C21H23ClN4O/c1-16(14-26-10-9-23-15-26)12-24-13-17-5-4-6-18(11-17)25-21(27)19-7-2-3-8-20(19)22/h2-11,15-16,24H,12-14H2,1H3,(H,25,27). The molecule has 5 nitrogen and oxygen atoms in total. The van der Waals surface area contributed by atoms with E-state index in [1.165, 1.54) is 0 Å². The zero-order valence-corrected chi connectivity index (χ0v) is 16.0. The number of carbonyl (C=O) groups is 1. The second-order valence-corrected chi connectivity index (χ2v) is 7.04. The quantitative estimate of drug-likeness (QED) is 0.613. The summed E-state index contributed by atoms with van der Waals surface area (Å²) in [5, 5.41) is 6.82. The predicted molar refractivity (Wildman–Crippen MR) is 109 cm³/mol. The Morgan fingerprint density at radius 3 is 2.85 bits per heavy atom. The number of hydrogen-bond donors (Lipinski definition) is 2. The van der Waals surface area contributed by atoms with E-state index in [1.807, 2.05) is 36.8 Å². The van der Waals surface area contributed by atoms with Gasteiger partial charge in [-0.2, -0.15) is 0 Å². The number of benzene rings is 2. The van der Waals surface area contributed by atoms with Crippen LogP contribution in [0.15, 0.2) is 67.3 Å². The average molecular weight is 383 g/mol. The molecule has 0 aliphatic carbocycles. The van der Waals surface area contributed by atoms with Crippen molar-refractivity contribution >= 4 is 23.2 Å². The van der Waals surface area contributed by atoms with Gasteiger partial charge in [0, 0.05) is 31.2 Å². The summed E-state index contributed by atoms with van der Waals surface area (Å²) in [6.45, 7) is 4.77. The van der Waals surface area contributed by atoms with Crippen molar-refractivity contribution in [2.45, 2.75) is 20.0 Å². The van der Waals surface area contributed by atoms with Gasteiger partial charge in [-0.15, -0.1) is 0 Å². The Morgan fingerprint density at radius 2 is 2.07 bits per heavy atom. The van der Waals surface area contributed by atoms with Crippen molar-refractivity contribution in [3.05, 3.63) is 83.4 Å². The van der Waals surface area contributed by atoms with Gasteiger partial charge < -0.3 is 15.2 Å². The number of carbonyl (C=O) groups excluding carboxylic acids is 1. The van der Waals surface area contributed by atoms with Gasteiger partial charge in [0.15, 0.2) is 0 Å². The fraction of sp³-hybridized carbons (Fsp3) is 0.238. The Labute approximate surface area is 164 Å². The number of nitrogens with zero attached hydrogens (tertiary/aromatic N) is 2. The lowest BCUT2D eigenvalue weighted by Gasteiger charge is -2.14. The van der Waals surface area contributed by atoms with Crippen molar-refractivity contribution in [1.82, 2.24) is 14.9 Å². The van der Waals surface area contributed by atoms with Crippen LogP contribution in [0.1, 0.15) is 22.8 Å². The molecular formula is C21H23ClN4O. The molecule has 0 spiro atoms. The molecule has 140 valence electrons. The highest BCUT2D eigenvalue weighted by atomic mass is 35.5. The number of anilines is 1. The molecule has 2 N–H and O–H groups in total. The molecule has 0 saturated carbocycles. The third-order valence-electron chi connectivity index (χ3n) is 4.21. The van der Waals surface area contributed by atoms with E-state index < -0.39 is 0 Å². The number of rotatable bonds is 8. The van der Waals surface area contributed by atoms with Crippen LogP contribution in [0, 0.1) is 5.92 Å². The molecule has 1 atom stereocenters. The minimum Gasteiger partial charge on any atom is -0.337 e. The minimum absolute atomic E-state index is 0.209. The normalized spacial score (nSPS) is 11.9. The van der Waals surface area contributed by atoms with Gasteiger partial charge in [0.25, 0.3) is 5.91 Å². The lowest BCUT2D eigenvalue weighted by Crippen LogP contribution is -2.23. The second kappa shape index (κ2) is 9.35. The molecule has 0 aliphatic rings. The largest absolute Gasteiger partial charge is 0.337 e. The first-order chi connectivity index (χ1) is 13.1. The van der Waals surface area contributed by atoms with Crippen LogP contribution >= 0.6 is 11.6 Å². The summed E-state index contributed by atoms with van der Waals surface area (Å²) in [6.07, 6.45) is 5.60. The predicted octanol–water partition coefficient (Wildman–Crippen LogP) is 4.21. The van der Waals surface area contributed by atoms with Gasteiger partial charge >= 0.3 is 0 Å². The molecule has 0 aliphatic heterocycles. The zero-order valence-electron chi connectivity index (χ0n) is 15.2. The molecular weight excluding hydrogens is 360 g/mol. The highest BCUT2D eigenvalue weighted by Crippen LogP contribution is 2.18. The Kier molecular flexibility index (Phi) is 6.63. The van der Waals surface area contributed by atoms with E-state index >= 15 is 0 Å². The lowest BCUT2D eigenvalue weighted by molar-refractivity contribution is 0.102. The number of halogens is 1. The van der Waals surface area contributed by atoms with Crippen molar-refractivity contribution in [3.8, 4) is 0 Å². The van der Waals surface area contributed by atoms with Crippen molar-refractivity contribution in [2.24, 2.45) is 5.92 Å². The summed E-state index contributed by atoms with van der Waals surface area (Å²) in [7, 11) is 0. The molecule has 6 heteroatoms. The van der Waals surface area contributed by atoms with Gasteiger partial charge in [0.2, 0.25) is 0 Å². The Hall–Kier alpha value is -2.63. The van der Waals surface area contributed by atoms with Crippen molar-refractivity contribution < 1.29 is 4.79 Å². The fourth-order valence-corrected chi connectivity index (χ4v) is 3.11. The Balaban J connectivity index is 1.51. The summed E-state index contributed by atoms with van der Waals surface area (Å²) in [6, 6.07) is 14.9. The monoisotopic (exact) mass is 382 g/mol. The van der Waals surface area contributed by atoms with E-state index in [4.69, 9.17) is 11.6 Å². The van der Waals surface area contributed by atoms with Gasteiger partial charge in [0.05, 0.1) is 16.9 Å². The maximum atomic E-state index is 12.4. The number of imidazole rings is 1. The van der Waals surface area contributed by atoms with Crippen LogP contribution in [0.25, 0.3) is 0 Å². The number of hydrogen-bond acceptors (Lipinski definition) is 3. The van der Waals surface area contributed by atoms with E-state index in [1.54, 1.807) is 30.5 Å². The second-order valence-electron chi connectivity index (χ2n) is 6.63. The first-order valence-corrected chi connectivity index (χ1v) is 9.31. The molecule has 1 amide bonds. The first kappa shape index (κ1) is 19.1. The van der Waals surface area contributed by atoms with E-state index in [0.29, 0.717) is 16.5 Å². The highest BCUT2D eigenvalue weighted by molar-refractivity contribution is 6.34. The molecule has 0 fully saturated rings. The molecule has 3 aromatic rings. The summed E-state index contributed by atoms with van der Waals surface area (Å²) < 4.78 is 2.08. The fourth-order valence-electron chi connectivity index (χ4n) is 2.88. The minimum atomic E-state index is -0.209. The average Bonchev–Trinajstić information content (AvgIpc) is 3.15. The highest BCUT2D eigenvalue weighted by Gasteiger charge is 2.10. The molecule has 1 unspecified atom stereocenters. The Morgan fingerprint density at radius 1 is 1.22 bits per heavy atom. The summed E-state index contributed by atoms with van der Waals surface area (Å²) in [4.78, 5) is 16.4. The SMILES string of the molecule is CC(CNCc1cccc(NC(=O)c2ccccc2Cl)c1)Cn1ccnc1. The molecule has 27 heavy (non-hydrogen) atoms. The lowest BCUT2D eigenvalue weighted by atomic mass is 10.1. The van der Waals surface area contributed by atoms with E-state index in [9.17, 15) is 4.79 Å². The van der Waals surface area contributed by atoms with Crippen LogP contribution in [0.4, 0.5) is 5.69 Å². The van der Waals surface area contributed by atoms with Gasteiger partial charge in [-0.05, 0) is 42.3 Å². The van der Waals surface area contributed by atoms with Crippen LogP contribution < -0.4 is 10.6 Å². The third-order valence-corrected chi connectivity index (χ3v) is 4.54. The number of nitrogens with one attached hydrogen (secondary N) is 2. The van der Waals surface area contributed by atoms with Crippen molar-refractivity contribution in [2.75, 3.05) is 11.9 Å². The van der Waals surface area contributed by atoms with Crippen LogP contribution in [0.2, 0.25) is 5.02 Å². The molecule has 0 radical (unpaired) electrons. The van der Waals surface area contributed by atoms with Crippen LogP contribution in [0.3, 0.4) is 0 Å².